The molecule has 1 aromatic heterocycles. The Kier molecular flexibility index (Phi) is 2.73. The number of hydrogen-bond acceptors (Lipinski definition) is 3. The van der Waals surface area contributed by atoms with Crippen LogP contribution in [0.2, 0.25) is 0 Å². The van der Waals surface area contributed by atoms with E-state index in [-0.39, 0.29) is 6.10 Å². The van der Waals surface area contributed by atoms with Crippen LogP contribution in [0.25, 0.3) is 0 Å². The summed E-state index contributed by atoms with van der Waals surface area (Å²) >= 11 is 0. The Morgan fingerprint density at radius 2 is 2.53 bits per heavy atom. The molecule has 1 unspecified atom stereocenters. The first-order valence-corrected chi connectivity index (χ1v) is 5.11. The number of aryl methyl sites for hydroxylation is 1. The van der Waals surface area contributed by atoms with Gasteiger partial charge < -0.3 is 14.4 Å². The Morgan fingerprint density at radius 3 is 3.00 bits per heavy atom. The molecule has 1 aliphatic rings. The molecule has 1 fully saturated rings. The van der Waals surface area contributed by atoms with E-state index in [2.05, 4.69) is 4.98 Å². The molecule has 0 bridgehead atoms. The minimum atomic E-state index is -0.913. The zero-order valence-corrected chi connectivity index (χ0v) is 8.64. The number of rotatable bonds is 4. The Labute approximate surface area is 87.7 Å². The second kappa shape index (κ2) is 4.02. The molecule has 0 amide bonds. The molecule has 1 N–H and O–H groups in total. The van der Waals surface area contributed by atoms with Crippen molar-refractivity contribution in [2.24, 2.45) is 0 Å². The van der Waals surface area contributed by atoms with Crippen LogP contribution in [0.3, 0.4) is 0 Å². The number of aromatic carboxylic acids is 1. The Hall–Kier alpha value is -1.36. The van der Waals surface area contributed by atoms with E-state index < -0.39 is 5.97 Å². The summed E-state index contributed by atoms with van der Waals surface area (Å²) in [4.78, 5) is 15.1. The van der Waals surface area contributed by atoms with Crippen molar-refractivity contribution in [1.82, 2.24) is 9.55 Å². The molecule has 1 atom stereocenters. The largest absolute Gasteiger partial charge is 0.477 e. The third-order valence-corrected chi connectivity index (χ3v) is 2.64. The molecular formula is C10H14N2O3. The molecule has 2 rings (SSSR count). The van der Waals surface area contributed by atoms with E-state index in [1.54, 1.807) is 10.9 Å². The predicted octanol–water partition coefficient (Wildman–Crippen LogP) is 0.933. The molecule has 5 nitrogen and oxygen atoms in total. The quantitative estimate of drug-likeness (QED) is 0.803. The number of hydrogen-bond donors (Lipinski definition) is 1. The Morgan fingerprint density at radius 1 is 1.80 bits per heavy atom. The van der Waals surface area contributed by atoms with Crippen LogP contribution < -0.4 is 0 Å². The maximum atomic E-state index is 11.0. The van der Waals surface area contributed by atoms with Crippen LogP contribution in [0, 0.1) is 0 Å². The highest BCUT2D eigenvalue weighted by Gasteiger charge is 2.23. The monoisotopic (exact) mass is 210 g/mol. The van der Waals surface area contributed by atoms with E-state index in [1.165, 1.54) is 0 Å². The van der Waals surface area contributed by atoms with E-state index in [0.29, 0.717) is 24.4 Å². The lowest BCUT2D eigenvalue weighted by Crippen LogP contribution is -2.32. The van der Waals surface area contributed by atoms with Gasteiger partial charge >= 0.3 is 5.97 Å². The van der Waals surface area contributed by atoms with E-state index in [0.717, 1.165) is 13.0 Å². The van der Waals surface area contributed by atoms with Crippen molar-refractivity contribution in [2.45, 2.75) is 32.4 Å². The fourth-order valence-corrected chi connectivity index (χ4v) is 1.72. The highest BCUT2D eigenvalue weighted by Crippen LogP contribution is 2.16. The third-order valence-electron chi connectivity index (χ3n) is 2.64. The van der Waals surface area contributed by atoms with Crippen molar-refractivity contribution in [3.63, 3.8) is 0 Å². The lowest BCUT2D eigenvalue weighted by molar-refractivity contribution is -0.0595. The Balaban J connectivity index is 2.21. The van der Waals surface area contributed by atoms with E-state index in [4.69, 9.17) is 9.84 Å². The summed E-state index contributed by atoms with van der Waals surface area (Å²) in [6.07, 6.45) is 3.38. The number of aromatic nitrogens is 2. The molecule has 1 saturated heterocycles. The first kappa shape index (κ1) is 10.2. The van der Waals surface area contributed by atoms with Gasteiger partial charge in [-0.25, -0.2) is 9.78 Å². The molecule has 0 aromatic carbocycles. The number of imidazole rings is 1. The van der Waals surface area contributed by atoms with Gasteiger partial charge in [0.25, 0.3) is 0 Å². The fourth-order valence-electron chi connectivity index (χ4n) is 1.72. The van der Waals surface area contributed by atoms with Gasteiger partial charge in [-0.05, 0) is 12.8 Å². The van der Waals surface area contributed by atoms with E-state index in [1.807, 2.05) is 6.92 Å². The van der Waals surface area contributed by atoms with Crippen LogP contribution in [0.15, 0.2) is 6.33 Å². The second-order valence-corrected chi connectivity index (χ2v) is 3.63. The van der Waals surface area contributed by atoms with Gasteiger partial charge in [0.2, 0.25) is 0 Å². The van der Waals surface area contributed by atoms with Crippen molar-refractivity contribution >= 4 is 5.97 Å². The molecule has 15 heavy (non-hydrogen) atoms. The zero-order chi connectivity index (χ0) is 10.8. The van der Waals surface area contributed by atoms with Gasteiger partial charge in [0.1, 0.15) is 5.69 Å². The highest BCUT2D eigenvalue weighted by molar-refractivity contribution is 5.87. The molecule has 0 saturated carbocycles. The summed E-state index contributed by atoms with van der Waals surface area (Å²) in [5, 5.41) is 9.07. The molecule has 1 aliphatic heterocycles. The number of carboxylic acids is 1. The summed E-state index contributed by atoms with van der Waals surface area (Å²) in [7, 11) is 0. The van der Waals surface area contributed by atoms with Crippen molar-refractivity contribution in [2.75, 3.05) is 6.61 Å². The molecule has 0 spiro atoms. The number of ether oxygens (including phenoxy) is 1. The normalized spacial score (nSPS) is 19.9. The van der Waals surface area contributed by atoms with Gasteiger partial charge in [0.15, 0.2) is 0 Å². The van der Waals surface area contributed by atoms with E-state index in [9.17, 15) is 4.79 Å². The van der Waals surface area contributed by atoms with Crippen LogP contribution in [0.5, 0.6) is 0 Å². The topological polar surface area (TPSA) is 64.4 Å². The van der Waals surface area contributed by atoms with Crippen LogP contribution >= 0.6 is 0 Å². The Bertz CT molecular complexity index is 369. The number of nitrogens with zero attached hydrogens (tertiary/aromatic N) is 2. The summed E-state index contributed by atoms with van der Waals surface area (Å²) in [5.74, 6) is -0.913. The van der Waals surface area contributed by atoms with Crippen molar-refractivity contribution in [3.8, 4) is 0 Å². The first-order chi connectivity index (χ1) is 7.22. The molecular weight excluding hydrogens is 196 g/mol. The summed E-state index contributed by atoms with van der Waals surface area (Å²) < 4.78 is 6.94. The van der Waals surface area contributed by atoms with Crippen LogP contribution in [-0.4, -0.2) is 33.3 Å². The van der Waals surface area contributed by atoms with Gasteiger partial charge in [-0.3, -0.25) is 0 Å². The summed E-state index contributed by atoms with van der Waals surface area (Å²) in [5.41, 5.74) is 0.940. The maximum Gasteiger partial charge on any atom is 0.354 e. The highest BCUT2D eigenvalue weighted by atomic mass is 16.5. The second-order valence-electron chi connectivity index (χ2n) is 3.63. The molecule has 82 valence electrons. The van der Waals surface area contributed by atoms with Gasteiger partial charge in [-0.2, -0.15) is 0 Å². The zero-order valence-electron chi connectivity index (χ0n) is 8.64. The number of carboxylic acid groups (broad SMARTS) is 1. The number of carbonyl (C=O) groups is 1. The fraction of sp³-hybridized carbons (Fsp3) is 0.600. The molecule has 1 aromatic rings. The third kappa shape index (κ3) is 1.87. The first-order valence-electron chi connectivity index (χ1n) is 5.11. The molecule has 5 heteroatoms. The summed E-state index contributed by atoms with van der Waals surface area (Å²) in [6.45, 7) is 3.27. The minimum Gasteiger partial charge on any atom is -0.477 e. The maximum absolute atomic E-state index is 11.0. The van der Waals surface area contributed by atoms with Crippen molar-refractivity contribution in [1.29, 1.82) is 0 Å². The minimum absolute atomic E-state index is 0.155. The van der Waals surface area contributed by atoms with Gasteiger partial charge in [0, 0.05) is 6.61 Å². The van der Waals surface area contributed by atoms with Gasteiger partial charge in [-0.1, -0.05) is 6.92 Å². The van der Waals surface area contributed by atoms with Gasteiger partial charge in [-0.15, -0.1) is 0 Å². The average molecular weight is 210 g/mol. The van der Waals surface area contributed by atoms with Crippen LogP contribution in [-0.2, 0) is 17.7 Å². The molecule has 0 aliphatic carbocycles. The summed E-state index contributed by atoms with van der Waals surface area (Å²) in [6, 6.07) is 0. The average Bonchev–Trinajstić information content (AvgIpc) is 2.54. The van der Waals surface area contributed by atoms with Gasteiger partial charge in [0.05, 0.1) is 24.7 Å². The van der Waals surface area contributed by atoms with E-state index >= 15 is 0 Å². The molecule has 0 radical (unpaired) electrons. The lowest BCUT2D eigenvalue weighted by Gasteiger charge is -2.26. The van der Waals surface area contributed by atoms with Crippen LogP contribution in [0.4, 0.5) is 0 Å². The SMILES string of the molecule is CCc1ncn(CC2CCO2)c1C(=O)O. The van der Waals surface area contributed by atoms with Crippen molar-refractivity contribution in [3.05, 3.63) is 17.7 Å². The van der Waals surface area contributed by atoms with Crippen LogP contribution in [0.1, 0.15) is 29.5 Å². The smallest absolute Gasteiger partial charge is 0.354 e. The van der Waals surface area contributed by atoms with Crippen molar-refractivity contribution < 1.29 is 14.6 Å². The standard InChI is InChI=1S/C10H14N2O3/c1-2-8-9(10(13)14)12(6-11-8)5-7-3-4-15-7/h6-7H,2-5H2,1H3,(H,13,14). The predicted molar refractivity (Wildman–Crippen MR) is 52.9 cm³/mol. The molecule has 2 heterocycles. The lowest BCUT2D eigenvalue weighted by atomic mass is 10.2.